The molecule has 94 valence electrons. The van der Waals surface area contributed by atoms with Crippen LogP contribution in [0.5, 0.6) is 5.75 Å². The molecule has 18 heavy (non-hydrogen) atoms. The second-order valence-corrected chi connectivity index (χ2v) is 7.15. The normalized spacial score (nSPS) is 10.4. The van der Waals surface area contributed by atoms with Gasteiger partial charge in [0.15, 0.2) is 5.78 Å². The molecule has 0 spiro atoms. The summed E-state index contributed by atoms with van der Waals surface area (Å²) in [6.45, 7) is 2.01. The molecule has 1 aromatic carbocycles. The third-order valence-electron chi connectivity index (χ3n) is 2.32. The molecule has 0 aliphatic heterocycles. The molecule has 0 aliphatic rings. The van der Waals surface area contributed by atoms with Gasteiger partial charge in [0.2, 0.25) is 0 Å². The summed E-state index contributed by atoms with van der Waals surface area (Å²) >= 11 is 8.38. The molecule has 2 aromatic rings. The summed E-state index contributed by atoms with van der Waals surface area (Å²) in [6, 6.07) is 9.44. The Morgan fingerprint density at radius 3 is 2.67 bits per heavy atom. The Morgan fingerprint density at radius 2 is 2.06 bits per heavy atom. The van der Waals surface area contributed by atoms with E-state index in [-0.39, 0.29) is 5.78 Å². The zero-order chi connectivity index (χ0) is 13.1. The van der Waals surface area contributed by atoms with Gasteiger partial charge in [-0.3, -0.25) is 4.79 Å². The first-order valence-electron chi connectivity index (χ1n) is 5.24. The van der Waals surface area contributed by atoms with Crippen LogP contribution in [0.15, 0.2) is 38.6 Å². The maximum Gasteiger partial charge on any atom is 0.163 e. The molecule has 0 unspecified atom stereocenters. The van der Waals surface area contributed by atoms with Gasteiger partial charge in [0.05, 0.1) is 9.35 Å². The first-order valence-corrected chi connectivity index (χ1v) is 7.64. The number of thiophene rings is 1. The largest absolute Gasteiger partial charge is 0.487 e. The summed E-state index contributed by atoms with van der Waals surface area (Å²) in [5, 5.41) is 0. The van der Waals surface area contributed by atoms with E-state index in [1.165, 1.54) is 6.92 Å². The number of Topliss-reactive ketones (excluding diaryl/α,β-unsaturated/α-hetero) is 1. The minimum Gasteiger partial charge on any atom is -0.487 e. The van der Waals surface area contributed by atoms with Crippen molar-refractivity contribution < 1.29 is 9.53 Å². The van der Waals surface area contributed by atoms with Gasteiger partial charge in [-0.25, -0.2) is 0 Å². The summed E-state index contributed by atoms with van der Waals surface area (Å²) < 4.78 is 7.65. The van der Waals surface area contributed by atoms with Crippen LogP contribution in [0.3, 0.4) is 0 Å². The fourth-order valence-corrected chi connectivity index (χ4v) is 3.24. The fourth-order valence-electron chi connectivity index (χ4n) is 1.48. The lowest BCUT2D eigenvalue weighted by Crippen LogP contribution is -2.00. The van der Waals surface area contributed by atoms with Crippen LogP contribution in [0, 0.1) is 0 Å². The molecule has 0 aliphatic carbocycles. The molecule has 2 rings (SSSR count). The van der Waals surface area contributed by atoms with Gasteiger partial charge in [-0.05, 0) is 53.2 Å². The number of halogens is 2. The highest BCUT2D eigenvalue weighted by Gasteiger charge is 2.09. The van der Waals surface area contributed by atoms with E-state index < -0.39 is 0 Å². The van der Waals surface area contributed by atoms with Gasteiger partial charge in [0.25, 0.3) is 0 Å². The third-order valence-corrected chi connectivity index (χ3v) is 4.41. The van der Waals surface area contributed by atoms with Crippen LogP contribution in [-0.4, -0.2) is 5.78 Å². The lowest BCUT2D eigenvalue weighted by molar-refractivity contribution is 0.101. The maximum absolute atomic E-state index is 11.5. The predicted molar refractivity (Wildman–Crippen MR) is 80.5 cm³/mol. The van der Waals surface area contributed by atoms with Crippen LogP contribution in [-0.2, 0) is 6.61 Å². The molecule has 1 heterocycles. The maximum atomic E-state index is 11.5. The van der Waals surface area contributed by atoms with Crippen LogP contribution in [0.1, 0.15) is 22.2 Å². The fraction of sp³-hybridized carbons (Fsp3) is 0.154. The predicted octanol–water partition coefficient (Wildman–Crippen LogP) is 5.05. The Kier molecular flexibility index (Phi) is 4.59. The SMILES string of the molecule is CC(=O)c1cc(Br)ccc1OCc1ccc(Br)s1. The Morgan fingerprint density at radius 1 is 1.28 bits per heavy atom. The van der Waals surface area contributed by atoms with Gasteiger partial charge in [-0.2, -0.15) is 0 Å². The van der Waals surface area contributed by atoms with E-state index in [1.54, 1.807) is 17.4 Å². The quantitative estimate of drug-likeness (QED) is 0.683. The van der Waals surface area contributed by atoms with Crippen molar-refractivity contribution in [2.45, 2.75) is 13.5 Å². The molecule has 0 fully saturated rings. The van der Waals surface area contributed by atoms with Crippen molar-refractivity contribution in [1.82, 2.24) is 0 Å². The highest BCUT2D eigenvalue weighted by atomic mass is 79.9. The van der Waals surface area contributed by atoms with Crippen LogP contribution in [0.25, 0.3) is 0 Å². The number of hydrogen-bond donors (Lipinski definition) is 0. The van der Waals surface area contributed by atoms with Crippen molar-refractivity contribution in [3.8, 4) is 5.75 Å². The summed E-state index contributed by atoms with van der Waals surface area (Å²) in [5.74, 6) is 0.619. The third kappa shape index (κ3) is 3.43. The summed E-state index contributed by atoms with van der Waals surface area (Å²) in [6.07, 6.45) is 0. The van der Waals surface area contributed by atoms with E-state index in [0.29, 0.717) is 17.9 Å². The molecule has 5 heteroatoms. The van der Waals surface area contributed by atoms with Crippen LogP contribution in [0.2, 0.25) is 0 Å². The Labute approximate surface area is 126 Å². The van der Waals surface area contributed by atoms with E-state index >= 15 is 0 Å². The van der Waals surface area contributed by atoms with Gasteiger partial charge in [0, 0.05) is 9.35 Å². The minimum atomic E-state index is -0.00124. The molecule has 0 amide bonds. The summed E-state index contributed by atoms with van der Waals surface area (Å²) in [5.41, 5.74) is 0.597. The van der Waals surface area contributed by atoms with Crippen molar-refractivity contribution in [2.24, 2.45) is 0 Å². The zero-order valence-corrected chi connectivity index (χ0v) is 13.6. The van der Waals surface area contributed by atoms with Gasteiger partial charge in [-0.1, -0.05) is 15.9 Å². The van der Waals surface area contributed by atoms with E-state index in [2.05, 4.69) is 31.9 Å². The number of ether oxygens (including phenoxy) is 1. The average molecular weight is 390 g/mol. The molecular weight excluding hydrogens is 380 g/mol. The first kappa shape index (κ1) is 13.8. The number of hydrogen-bond acceptors (Lipinski definition) is 3. The first-order chi connectivity index (χ1) is 8.56. The van der Waals surface area contributed by atoms with Gasteiger partial charge < -0.3 is 4.74 Å². The average Bonchev–Trinajstić information content (AvgIpc) is 2.73. The number of benzene rings is 1. The van der Waals surface area contributed by atoms with Crippen molar-refractivity contribution in [2.75, 3.05) is 0 Å². The monoisotopic (exact) mass is 388 g/mol. The molecule has 0 saturated heterocycles. The Bertz CT molecular complexity index is 578. The highest BCUT2D eigenvalue weighted by molar-refractivity contribution is 9.11. The summed E-state index contributed by atoms with van der Waals surface area (Å²) in [7, 11) is 0. The Balaban J connectivity index is 2.16. The second-order valence-electron chi connectivity index (χ2n) is 3.69. The van der Waals surface area contributed by atoms with E-state index in [9.17, 15) is 4.79 Å². The minimum absolute atomic E-state index is 0.00124. The van der Waals surface area contributed by atoms with Gasteiger partial charge in [-0.15, -0.1) is 11.3 Å². The summed E-state index contributed by atoms with van der Waals surface area (Å²) in [4.78, 5) is 12.6. The number of carbonyl (C=O) groups excluding carboxylic acids is 1. The Hall–Kier alpha value is -0.650. The number of ketones is 1. The van der Waals surface area contributed by atoms with Crippen molar-refractivity contribution in [1.29, 1.82) is 0 Å². The second kappa shape index (κ2) is 5.99. The van der Waals surface area contributed by atoms with E-state index in [1.807, 2.05) is 24.3 Å². The smallest absolute Gasteiger partial charge is 0.163 e. The molecule has 0 N–H and O–H groups in total. The molecule has 2 nitrogen and oxygen atoms in total. The van der Waals surface area contributed by atoms with E-state index in [4.69, 9.17) is 4.74 Å². The van der Waals surface area contributed by atoms with Crippen molar-refractivity contribution in [3.63, 3.8) is 0 Å². The van der Waals surface area contributed by atoms with E-state index in [0.717, 1.165) is 13.1 Å². The van der Waals surface area contributed by atoms with Crippen molar-refractivity contribution >= 4 is 49.0 Å². The molecule has 0 atom stereocenters. The lowest BCUT2D eigenvalue weighted by Gasteiger charge is -2.09. The van der Waals surface area contributed by atoms with Crippen LogP contribution >= 0.6 is 43.2 Å². The van der Waals surface area contributed by atoms with Crippen molar-refractivity contribution in [3.05, 3.63) is 49.0 Å². The van der Waals surface area contributed by atoms with Gasteiger partial charge in [0.1, 0.15) is 12.4 Å². The molecule has 1 aromatic heterocycles. The number of carbonyl (C=O) groups is 1. The standard InChI is InChI=1S/C13H10Br2O2S/c1-8(16)11-6-9(14)2-4-12(11)17-7-10-3-5-13(15)18-10/h2-6H,7H2,1H3. The molecule has 0 radical (unpaired) electrons. The molecule has 0 saturated carbocycles. The zero-order valence-electron chi connectivity index (χ0n) is 9.57. The lowest BCUT2D eigenvalue weighted by atomic mass is 10.1. The highest BCUT2D eigenvalue weighted by Crippen LogP contribution is 2.27. The topological polar surface area (TPSA) is 26.3 Å². The molecular formula is C13H10Br2O2S. The van der Waals surface area contributed by atoms with Crippen LogP contribution in [0.4, 0.5) is 0 Å². The molecule has 0 bridgehead atoms. The number of rotatable bonds is 4. The van der Waals surface area contributed by atoms with Gasteiger partial charge >= 0.3 is 0 Å². The van der Waals surface area contributed by atoms with Crippen LogP contribution < -0.4 is 4.74 Å².